The number of aliphatic hydroxyl groups excluding tert-OH is 1. The molecule has 2 aliphatic heterocycles. The molecule has 0 spiro atoms. The summed E-state index contributed by atoms with van der Waals surface area (Å²) in [5.74, 6) is -7.41. The van der Waals surface area contributed by atoms with Crippen LogP contribution in [0.5, 0.6) is 5.75 Å². The van der Waals surface area contributed by atoms with Gasteiger partial charge in [-0.05, 0) is 27.7 Å². The number of amides is 3. The molecule has 1 fully saturated rings. The van der Waals surface area contributed by atoms with E-state index < -0.39 is 85.7 Å². The van der Waals surface area contributed by atoms with Crippen LogP contribution < -0.4 is 20.1 Å². The monoisotopic (exact) mass is 631 g/mol. The zero-order valence-corrected chi connectivity index (χ0v) is 24.7. The second-order valence-corrected chi connectivity index (χ2v) is 13.1. The molecule has 2 unspecified atom stereocenters. The smallest absolute Gasteiger partial charge is 0.408 e. The quantitative estimate of drug-likeness (QED) is 0.360. The van der Waals surface area contributed by atoms with Gasteiger partial charge in [-0.1, -0.05) is 0 Å². The van der Waals surface area contributed by atoms with E-state index in [1.54, 1.807) is 20.8 Å². The predicted octanol–water partition coefficient (Wildman–Crippen LogP) is 1.47. The number of aromatic nitrogens is 1. The van der Waals surface area contributed by atoms with Crippen LogP contribution in [0, 0.1) is 23.4 Å². The molecule has 236 valence electrons. The largest absolute Gasteiger partial charge is 0.489 e. The summed E-state index contributed by atoms with van der Waals surface area (Å²) < 4.78 is 82.1. The van der Waals surface area contributed by atoms with Crippen LogP contribution in [-0.4, -0.2) is 84.4 Å². The second-order valence-electron chi connectivity index (χ2n) is 11.4. The third-order valence-electron chi connectivity index (χ3n) is 6.77. The number of hydrogen-bond donors (Lipinski definition) is 4. The Morgan fingerprint density at radius 1 is 1.16 bits per heavy atom. The van der Waals surface area contributed by atoms with E-state index in [1.165, 1.54) is 18.9 Å². The highest BCUT2D eigenvalue weighted by molar-refractivity contribution is 7.89. The first-order chi connectivity index (χ1) is 19.9. The van der Waals surface area contributed by atoms with Crippen molar-refractivity contribution in [1.82, 2.24) is 19.5 Å². The number of halogens is 3. The van der Waals surface area contributed by atoms with E-state index in [9.17, 15) is 41.1 Å². The lowest BCUT2D eigenvalue weighted by molar-refractivity contribution is -0.135. The van der Waals surface area contributed by atoms with Crippen LogP contribution in [0.4, 0.5) is 23.7 Å². The molecule has 2 aromatic rings. The Labute approximate surface area is 245 Å². The number of rotatable bonds is 5. The molecule has 3 heterocycles. The summed E-state index contributed by atoms with van der Waals surface area (Å²) in [7, 11) is -2.97. The molecular formula is C26H32F3N5O8S. The molecule has 0 radical (unpaired) electrons. The molecule has 1 saturated heterocycles. The van der Waals surface area contributed by atoms with E-state index in [0.717, 1.165) is 10.8 Å². The number of benzene rings is 1. The Bertz CT molecular complexity index is 1530. The summed E-state index contributed by atoms with van der Waals surface area (Å²) in [5.41, 5.74) is -1.58. The fourth-order valence-electron chi connectivity index (χ4n) is 4.81. The van der Waals surface area contributed by atoms with Crippen molar-refractivity contribution in [2.45, 2.75) is 56.4 Å². The van der Waals surface area contributed by atoms with Crippen LogP contribution >= 0.6 is 0 Å². The van der Waals surface area contributed by atoms with Crippen molar-refractivity contribution < 1.29 is 50.6 Å². The van der Waals surface area contributed by atoms with Gasteiger partial charge in [-0.15, -0.1) is 0 Å². The van der Waals surface area contributed by atoms with Crippen LogP contribution in [0.15, 0.2) is 23.2 Å². The summed E-state index contributed by atoms with van der Waals surface area (Å²) in [5, 5.41) is 14.8. The van der Waals surface area contributed by atoms with Crippen molar-refractivity contribution in [3.63, 3.8) is 0 Å². The average Bonchev–Trinajstić information content (AvgIpc) is 3.42. The molecule has 0 aliphatic carbocycles. The van der Waals surface area contributed by atoms with Crippen molar-refractivity contribution in [1.29, 1.82) is 0 Å². The molecule has 3 amide bonds. The maximum Gasteiger partial charge on any atom is 0.408 e. The van der Waals surface area contributed by atoms with Crippen LogP contribution in [0.3, 0.4) is 0 Å². The van der Waals surface area contributed by atoms with Gasteiger partial charge in [0, 0.05) is 56.1 Å². The summed E-state index contributed by atoms with van der Waals surface area (Å²) in [6.07, 6.45) is -1.12. The number of aliphatic hydroxyl groups is 1. The maximum atomic E-state index is 13.7. The van der Waals surface area contributed by atoms with Gasteiger partial charge in [0.1, 0.15) is 16.5 Å². The summed E-state index contributed by atoms with van der Waals surface area (Å²) in [6.45, 7) is 5.90. The minimum Gasteiger partial charge on any atom is -0.489 e. The first-order valence-corrected chi connectivity index (χ1v) is 14.6. The lowest BCUT2D eigenvalue weighted by Gasteiger charge is -2.27. The molecule has 43 heavy (non-hydrogen) atoms. The first-order valence-electron chi connectivity index (χ1n) is 13.1. The molecule has 4 rings (SSSR count). The van der Waals surface area contributed by atoms with Gasteiger partial charge in [-0.2, -0.15) is 0 Å². The van der Waals surface area contributed by atoms with Crippen molar-refractivity contribution in [2.75, 3.05) is 25.0 Å². The number of anilines is 1. The number of carbonyl (C=O) groups is 3. The Balaban J connectivity index is 1.55. The van der Waals surface area contributed by atoms with Crippen molar-refractivity contribution in [3.8, 4) is 5.75 Å². The minimum absolute atomic E-state index is 0.0247. The number of nitrogens with one attached hydrogen (secondary N) is 3. The minimum atomic E-state index is -4.33. The lowest BCUT2D eigenvalue weighted by Crippen LogP contribution is -2.54. The number of aryl methyl sites for hydroxylation is 1. The standard InChI is InChI=1S/C26H32F3N5O8S/c1-12(35)20(31-25(38)42-26(2,3)4)24(37)34-8-13-11-41-22-18(43(39,40)32-17(13)9-34)10-33(5)21(22)23(36)30-14-6-15(27)19(29)16(28)7-14/h6-7,10,12-13,17,20,32,35H,8-9,11H2,1-5H3,(H,30,36)(H,31,38)/t12-,13?,17?,20+/m1/s1. The topological polar surface area (TPSA) is 168 Å². The number of ether oxygens (including phenoxy) is 2. The van der Waals surface area contributed by atoms with E-state index in [1.807, 2.05) is 0 Å². The summed E-state index contributed by atoms with van der Waals surface area (Å²) >= 11 is 0. The number of hydrogen-bond acceptors (Lipinski definition) is 8. The number of carbonyl (C=O) groups excluding carboxylic acids is 3. The molecule has 0 bridgehead atoms. The van der Waals surface area contributed by atoms with Gasteiger partial charge in [-0.3, -0.25) is 9.59 Å². The van der Waals surface area contributed by atoms with E-state index in [4.69, 9.17) is 9.47 Å². The first kappa shape index (κ1) is 32.1. The van der Waals surface area contributed by atoms with Gasteiger partial charge in [0.25, 0.3) is 5.91 Å². The molecule has 13 nitrogen and oxygen atoms in total. The highest BCUT2D eigenvalue weighted by Gasteiger charge is 2.44. The third-order valence-corrected chi connectivity index (χ3v) is 8.25. The number of alkyl carbamates (subject to hydrolysis) is 1. The van der Waals surface area contributed by atoms with Crippen LogP contribution in [0.2, 0.25) is 0 Å². The lowest BCUT2D eigenvalue weighted by atomic mass is 10.1. The van der Waals surface area contributed by atoms with Gasteiger partial charge in [-0.25, -0.2) is 31.1 Å². The fourth-order valence-corrected chi connectivity index (χ4v) is 6.30. The van der Waals surface area contributed by atoms with Crippen LogP contribution in [0.1, 0.15) is 38.2 Å². The van der Waals surface area contributed by atoms with E-state index >= 15 is 0 Å². The van der Waals surface area contributed by atoms with Gasteiger partial charge >= 0.3 is 6.09 Å². The molecule has 1 aromatic heterocycles. The predicted molar refractivity (Wildman–Crippen MR) is 144 cm³/mol. The second kappa shape index (κ2) is 11.7. The maximum absolute atomic E-state index is 13.7. The Kier molecular flexibility index (Phi) is 8.72. The zero-order valence-electron chi connectivity index (χ0n) is 23.9. The number of sulfonamides is 1. The highest BCUT2D eigenvalue weighted by atomic mass is 32.2. The Morgan fingerprint density at radius 2 is 1.79 bits per heavy atom. The summed E-state index contributed by atoms with van der Waals surface area (Å²) in [6, 6.07) is -1.07. The van der Waals surface area contributed by atoms with Gasteiger partial charge in [0.05, 0.1) is 12.7 Å². The molecule has 0 saturated carbocycles. The van der Waals surface area contributed by atoms with Crippen LogP contribution in [0.25, 0.3) is 0 Å². The number of likely N-dealkylation sites (tertiary alicyclic amines) is 1. The highest BCUT2D eigenvalue weighted by Crippen LogP contribution is 2.35. The summed E-state index contributed by atoms with van der Waals surface area (Å²) in [4.78, 5) is 39.5. The van der Waals surface area contributed by atoms with E-state index in [-0.39, 0.29) is 31.1 Å². The average molecular weight is 632 g/mol. The molecule has 4 atom stereocenters. The van der Waals surface area contributed by atoms with E-state index in [0.29, 0.717) is 12.1 Å². The molecular weight excluding hydrogens is 599 g/mol. The number of fused-ring (bicyclic) bond motifs is 2. The van der Waals surface area contributed by atoms with Gasteiger partial charge < -0.3 is 34.7 Å². The number of nitrogens with zero attached hydrogens (tertiary/aromatic N) is 2. The Morgan fingerprint density at radius 3 is 2.37 bits per heavy atom. The Hall–Kier alpha value is -3.83. The molecule has 17 heteroatoms. The van der Waals surface area contributed by atoms with Gasteiger partial charge in [0.2, 0.25) is 15.9 Å². The third kappa shape index (κ3) is 6.88. The molecule has 2 aliphatic rings. The fraction of sp³-hybridized carbons (Fsp3) is 0.500. The SMILES string of the molecule is C[C@@H](O)[C@H](NC(=O)OC(C)(C)C)C(=O)N1CC2COc3c(cn(C)c3C(=O)Nc3cc(F)c(F)c(F)c3)S(=O)(=O)NC2C1. The van der Waals surface area contributed by atoms with Gasteiger partial charge in [0.15, 0.2) is 28.9 Å². The zero-order chi connectivity index (χ0) is 32.0. The van der Waals surface area contributed by atoms with Crippen molar-refractivity contribution in [2.24, 2.45) is 13.0 Å². The van der Waals surface area contributed by atoms with E-state index in [2.05, 4.69) is 15.4 Å². The normalized spacial score (nSPS) is 20.9. The van der Waals surface area contributed by atoms with Crippen LogP contribution in [-0.2, 0) is 26.6 Å². The van der Waals surface area contributed by atoms with Crippen molar-refractivity contribution >= 4 is 33.6 Å². The van der Waals surface area contributed by atoms with Crippen molar-refractivity contribution in [3.05, 3.63) is 41.5 Å². The molecule has 4 N–H and O–H groups in total. The molecule has 1 aromatic carbocycles.